The zero-order valence-corrected chi connectivity index (χ0v) is 35.6. The number of methoxy groups -OCH3 is 1. The third-order valence-electron chi connectivity index (χ3n) is 10.3. The number of sulfone groups is 1. The molecule has 0 unspecified atom stereocenters. The second-order valence-electron chi connectivity index (χ2n) is 16.1. The Labute approximate surface area is 342 Å². The minimum atomic E-state index is -3.47. The molecule has 5 atom stereocenters. The molecule has 0 spiro atoms. The van der Waals surface area contributed by atoms with E-state index in [1.54, 1.807) is 42.7 Å². The standard InChI is InChI=1S/C42H59N7O8S/c1-9-28(2)36(49-23-22-47(41(49)54)26-32-17-13-14-29(3)43-32)38(51)44-34(24-30-15-11-10-12-16-30)35(50)27-48(25-31-18-20-33(21-19-31)58(8,55)56)46-39(52)37(42(4,5)6)45-40(53)57-7/h10-21,28,34-37,50H,9,22-27H2,1-8H3,(H,44,51)(H,45,53)(H,46,52)/t28-,34-,35-,36-,37+/m0/s1. The largest absolute Gasteiger partial charge is 0.453 e. The molecule has 0 saturated carbocycles. The molecule has 4 rings (SSSR count). The first-order chi connectivity index (χ1) is 27.3. The SMILES string of the molecule is CC[C@H](C)[C@@H](C(=O)N[C@@H](Cc1ccccc1)[C@@H](O)CN(Cc1ccc(S(C)(=O)=O)cc1)NC(=O)[C@@H](NC(=O)OC)C(C)(C)C)N1CCN(Cc2cccc(C)n2)C1=O. The lowest BCUT2D eigenvalue weighted by atomic mass is 9.86. The van der Waals surface area contributed by atoms with Crippen molar-refractivity contribution in [3.05, 3.63) is 95.3 Å². The average Bonchev–Trinajstić information content (AvgIpc) is 3.51. The number of ether oxygens (including phenoxy) is 1. The highest BCUT2D eigenvalue weighted by Crippen LogP contribution is 2.24. The lowest BCUT2D eigenvalue weighted by Crippen LogP contribution is -2.60. The predicted molar refractivity (Wildman–Crippen MR) is 220 cm³/mol. The molecule has 2 heterocycles. The first-order valence-electron chi connectivity index (χ1n) is 19.5. The molecule has 1 aromatic heterocycles. The van der Waals surface area contributed by atoms with E-state index in [-0.39, 0.29) is 36.4 Å². The number of aliphatic hydroxyl groups is 1. The normalized spacial score (nSPS) is 16.0. The second-order valence-corrected chi connectivity index (χ2v) is 18.1. The van der Waals surface area contributed by atoms with E-state index in [2.05, 4.69) is 21.0 Å². The van der Waals surface area contributed by atoms with Gasteiger partial charge in [-0.2, -0.15) is 0 Å². The van der Waals surface area contributed by atoms with Crippen molar-refractivity contribution in [2.24, 2.45) is 11.3 Å². The third kappa shape index (κ3) is 12.7. The van der Waals surface area contributed by atoms with Crippen molar-refractivity contribution in [3.8, 4) is 0 Å². The summed E-state index contributed by atoms with van der Waals surface area (Å²) in [6.07, 6.45) is -0.139. The minimum absolute atomic E-state index is 0.0251. The van der Waals surface area contributed by atoms with Crippen molar-refractivity contribution < 1.29 is 37.4 Å². The lowest BCUT2D eigenvalue weighted by molar-refractivity contribution is -0.132. The Morgan fingerprint density at radius 1 is 0.948 bits per heavy atom. The number of hydrogen-bond acceptors (Lipinski definition) is 10. The number of aryl methyl sites for hydroxylation is 1. The van der Waals surface area contributed by atoms with E-state index in [4.69, 9.17) is 4.74 Å². The van der Waals surface area contributed by atoms with Gasteiger partial charge in [0.15, 0.2) is 9.84 Å². The van der Waals surface area contributed by atoms with Gasteiger partial charge in [0, 0.05) is 38.1 Å². The number of carbonyl (C=O) groups excluding carboxylic acids is 4. The van der Waals surface area contributed by atoms with Gasteiger partial charge in [0.2, 0.25) is 5.91 Å². The molecule has 3 aromatic rings. The van der Waals surface area contributed by atoms with Crippen molar-refractivity contribution in [3.63, 3.8) is 0 Å². The molecule has 0 radical (unpaired) electrons. The van der Waals surface area contributed by atoms with Crippen LogP contribution in [-0.2, 0) is 43.7 Å². The summed E-state index contributed by atoms with van der Waals surface area (Å²) in [6, 6.07) is 18.1. The van der Waals surface area contributed by atoms with Gasteiger partial charge in [-0.15, -0.1) is 0 Å². The van der Waals surface area contributed by atoms with Crippen LogP contribution < -0.4 is 16.1 Å². The molecule has 15 nitrogen and oxygen atoms in total. The molecule has 1 aliphatic rings. The number of rotatable bonds is 18. The number of benzene rings is 2. The van der Waals surface area contributed by atoms with Gasteiger partial charge < -0.3 is 30.3 Å². The molecular formula is C42H59N7O8S. The molecule has 2 aromatic carbocycles. The monoisotopic (exact) mass is 821 g/mol. The maximum atomic E-state index is 14.5. The molecule has 5 amide bonds. The summed E-state index contributed by atoms with van der Waals surface area (Å²) in [4.78, 5) is 62.4. The van der Waals surface area contributed by atoms with Crippen molar-refractivity contribution in [2.75, 3.05) is 33.0 Å². The van der Waals surface area contributed by atoms with Crippen LogP contribution >= 0.6 is 0 Å². The summed E-state index contributed by atoms with van der Waals surface area (Å²) in [7, 11) is -2.27. The van der Waals surface area contributed by atoms with Crippen LogP contribution in [0.5, 0.6) is 0 Å². The summed E-state index contributed by atoms with van der Waals surface area (Å²) in [5.41, 5.74) is 5.14. The first kappa shape index (κ1) is 45.6. The number of nitrogens with zero attached hydrogens (tertiary/aromatic N) is 4. The number of amides is 5. The van der Waals surface area contributed by atoms with E-state index in [1.165, 1.54) is 24.3 Å². The molecule has 1 saturated heterocycles. The quantitative estimate of drug-likeness (QED) is 0.137. The van der Waals surface area contributed by atoms with Gasteiger partial charge in [0.1, 0.15) is 12.1 Å². The van der Waals surface area contributed by atoms with Crippen LogP contribution in [-0.4, -0.2) is 114 Å². The molecule has 0 aliphatic carbocycles. The number of aromatic nitrogens is 1. The Kier molecular flexibility index (Phi) is 15.8. The third-order valence-corrected chi connectivity index (χ3v) is 11.4. The molecule has 1 fully saturated rings. The van der Waals surface area contributed by atoms with Gasteiger partial charge in [0.05, 0.1) is 36.4 Å². The summed E-state index contributed by atoms with van der Waals surface area (Å²) in [5, 5.41) is 19.2. The number of hydrogen-bond donors (Lipinski definition) is 4. The number of nitrogens with one attached hydrogen (secondary N) is 3. The summed E-state index contributed by atoms with van der Waals surface area (Å²) in [6.45, 7) is 12.0. The lowest BCUT2D eigenvalue weighted by Gasteiger charge is -2.36. The topological polar surface area (TPSA) is 191 Å². The molecule has 316 valence electrons. The van der Waals surface area contributed by atoms with Crippen molar-refractivity contribution >= 4 is 33.8 Å². The van der Waals surface area contributed by atoms with Crippen LogP contribution in [0.2, 0.25) is 0 Å². The van der Waals surface area contributed by atoms with E-state index in [0.717, 1.165) is 23.2 Å². The smallest absolute Gasteiger partial charge is 0.407 e. The fraction of sp³-hybridized carbons (Fsp3) is 0.500. The van der Waals surface area contributed by atoms with Crippen LogP contribution in [0.25, 0.3) is 0 Å². The van der Waals surface area contributed by atoms with E-state index < -0.39 is 57.4 Å². The zero-order chi connectivity index (χ0) is 42.8. The Bertz CT molecular complexity index is 1970. The highest BCUT2D eigenvalue weighted by molar-refractivity contribution is 7.90. The number of alkyl carbamates (subject to hydrolysis) is 1. The van der Waals surface area contributed by atoms with E-state index >= 15 is 0 Å². The van der Waals surface area contributed by atoms with Crippen LogP contribution in [0.4, 0.5) is 9.59 Å². The molecule has 58 heavy (non-hydrogen) atoms. The highest BCUT2D eigenvalue weighted by Gasteiger charge is 2.41. The van der Waals surface area contributed by atoms with Crippen LogP contribution in [0, 0.1) is 18.3 Å². The summed E-state index contributed by atoms with van der Waals surface area (Å²) >= 11 is 0. The van der Waals surface area contributed by atoms with E-state index in [9.17, 15) is 32.7 Å². The fourth-order valence-electron chi connectivity index (χ4n) is 6.88. The molecular weight excluding hydrogens is 763 g/mol. The van der Waals surface area contributed by atoms with Crippen molar-refractivity contribution in [1.82, 2.24) is 35.9 Å². The zero-order valence-electron chi connectivity index (χ0n) is 34.8. The van der Waals surface area contributed by atoms with Gasteiger partial charge in [0.25, 0.3) is 5.91 Å². The van der Waals surface area contributed by atoms with Crippen LogP contribution in [0.3, 0.4) is 0 Å². The Hall–Kier alpha value is -5.06. The van der Waals surface area contributed by atoms with Gasteiger partial charge in [-0.1, -0.05) is 89.6 Å². The number of aliphatic hydroxyl groups excluding tert-OH is 1. The average molecular weight is 822 g/mol. The fourth-order valence-corrected chi connectivity index (χ4v) is 7.51. The van der Waals surface area contributed by atoms with Gasteiger partial charge in [-0.3, -0.25) is 20.0 Å². The van der Waals surface area contributed by atoms with E-state index in [1.807, 2.05) is 69.3 Å². The highest BCUT2D eigenvalue weighted by atomic mass is 32.2. The van der Waals surface area contributed by atoms with Gasteiger partial charge >= 0.3 is 12.1 Å². The maximum Gasteiger partial charge on any atom is 0.407 e. The Morgan fingerprint density at radius 3 is 2.21 bits per heavy atom. The van der Waals surface area contributed by atoms with Crippen molar-refractivity contribution in [1.29, 1.82) is 0 Å². The molecule has 0 bridgehead atoms. The number of pyridine rings is 1. The number of carbonyl (C=O) groups is 4. The summed E-state index contributed by atoms with van der Waals surface area (Å²) < 4.78 is 29.1. The van der Waals surface area contributed by atoms with Gasteiger partial charge in [-0.05, 0) is 60.1 Å². The van der Waals surface area contributed by atoms with Crippen molar-refractivity contribution in [2.45, 2.75) is 96.6 Å². The minimum Gasteiger partial charge on any atom is -0.453 e. The second kappa shape index (κ2) is 20.1. The molecule has 16 heteroatoms. The van der Waals surface area contributed by atoms with Gasteiger partial charge in [-0.25, -0.2) is 23.0 Å². The van der Waals surface area contributed by atoms with Crippen LogP contribution in [0.15, 0.2) is 77.7 Å². The van der Waals surface area contributed by atoms with E-state index in [0.29, 0.717) is 31.6 Å². The van der Waals surface area contributed by atoms with Crippen LogP contribution in [0.1, 0.15) is 63.6 Å². The Morgan fingerprint density at radius 2 is 1.62 bits per heavy atom. The molecule has 4 N–H and O–H groups in total. The Balaban J connectivity index is 1.63. The number of urea groups is 1. The summed E-state index contributed by atoms with van der Waals surface area (Å²) in [5.74, 6) is -1.23. The maximum absolute atomic E-state index is 14.5. The number of hydrazine groups is 1. The molecule has 1 aliphatic heterocycles. The first-order valence-corrected chi connectivity index (χ1v) is 21.4. The predicted octanol–water partition coefficient (Wildman–Crippen LogP) is 3.84.